The number of aromatic nitrogens is 2. The van der Waals surface area contributed by atoms with E-state index in [2.05, 4.69) is 28.5 Å². The Hall–Kier alpha value is -2.11. The van der Waals surface area contributed by atoms with Gasteiger partial charge in [-0.3, -0.25) is 5.32 Å². The number of hydrogen-bond donors (Lipinski definition) is 1. The summed E-state index contributed by atoms with van der Waals surface area (Å²) in [5.41, 5.74) is 2.32. The van der Waals surface area contributed by atoms with Gasteiger partial charge in [-0.25, -0.2) is 4.79 Å². The molecule has 0 bridgehead atoms. The van der Waals surface area contributed by atoms with Crippen LogP contribution in [0.1, 0.15) is 18.9 Å². The molecule has 1 aromatic heterocycles. The van der Waals surface area contributed by atoms with E-state index in [-0.39, 0.29) is 11.9 Å². The number of urea groups is 1. The minimum atomic E-state index is -0.152. The molecule has 7 heteroatoms. The fourth-order valence-corrected chi connectivity index (χ4v) is 3.13. The van der Waals surface area contributed by atoms with Gasteiger partial charge in [0.05, 0.1) is 10.0 Å². The molecule has 0 aliphatic carbocycles. The van der Waals surface area contributed by atoms with Gasteiger partial charge in [-0.2, -0.15) is 5.10 Å². The topological polar surface area (TPSA) is 58.1 Å². The quantitative estimate of drug-likeness (QED) is 0.822. The summed E-state index contributed by atoms with van der Waals surface area (Å²) >= 11 is 12.0. The molecule has 0 radical (unpaired) electrons. The summed E-state index contributed by atoms with van der Waals surface area (Å²) in [5.74, 6) is 0.716. The number of rotatable bonds is 2. The number of halogens is 2. The Morgan fingerprint density at radius 3 is 2.84 bits per heavy atom. The highest BCUT2D eigenvalue weighted by atomic mass is 35.5. The predicted octanol–water partition coefficient (Wildman–Crippen LogP) is 4.74. The van der Waals surface area contributed by atoms with Crippen molar-refractivity contribution in [3.63, 3.8) is 0 Å². The van der Waals surface area contributed by atoms with Crippen molar-refractivity contribution in [2.75, 3.05) is 18.4 Å². The fraction of sp³-hybridized carbons (Fsp3) is 0.278. The molecule has 0 saturated carbocycles. The lowest BCUT2D eigenvalue weighted by Gasteiger charge is -2.33. The molecule has 5 nitrogen and oxygen atoms in total. The number of carbonyl (C=O) groups is 1. The van der Waals surface area contributed by atoms with Crippen LogP contribution in [-0.2, 0) is 0 Å². The molecule has 2 heterocycles. The Kier molecular flexibility index (Phi) is 5.56. The molecule has 130 valence electrons. The standard InChI is InChI=1S/C18H18Cl2N4O/c1-12-11-24(18(25)22-17-3-2-7-21-23-17)8-6-14(12)9-13-4-5-15(19)16(20)10-13/h2-5,7,9-10,12H,6,8,11H2,1H3,(H,22,23,25). The number of nitrogens with one attached hydrogen (secondary N) is 1. The zero-order chi connectivity index (χ0) is 17.8. The molecule has 1 N–H and O–H groups in total. The highest BCUT2D eigenvalue weighted by Gasteiger charge is 2.24. The fourth-order valence-electron chi connectivity index (χ4n) is 2.82. The molecule has 2 aromatic rings. The predicted molar refractivity (Wildman–Crippen MR) is 101 cm³/mol. The molecule has 1 aliphatic heterocycles. The Balaban J connectivity index is 1.64. The van der Waals surface area contributed by atoms with Gasteiger partial charge in [0, 0.05) is 19.3 Å². The monoisotopic (exact) mass is 376 g/mol. The smallest absolute Gasteiger partial charge is 0.323 e. The van der Waals surface area contributed by atoms with Crippen LogP contribution in [-0.4, -0.2) is 34.2 Å². The molecule has 0 spiro atoms. The zero-order valence-electron chi connectivity index (χ0n) is 13.7. The number of carbonyl (C=O) groups excluding carboxylic acids is 1. The summed E-state index contributed by atoms with van der Waals surface area (Å²) in [5, 5.41) is 11.5. The number of nitrogens with zero attached hydrogens (tertiary/aromatic N) is 3. The van der Waals surface area contributed by atoms with E-state index >= 15 is 0 Å². The van der Waals surface area contributed by atoms with Crippen molar-refractivity contribution >= 4 is 41.1 Å². The molecular formula is C18H18Cl2N4O. The average Bonchev–Trinajstić information content (AvgIpc) is 2.60. The maximum absolute atomic E-state index is 12.4. The van der Waals surface area contributed by atoms with Crippen LogP contribution in [0.2, 0.25) is 10.0 Å². The van der Waals surface area contributed by atoms with E-state index < -0.39 is 0 Å². The molecule has 1 atom stereocenters. The van der Waals surface area contributed by atoms with Crippen LogP contribution in [0.4, 0.5) is 10.6 Å². The van der Waals surface area contributed by atoms with Gasteiger partial charge in [0.2, 0.25) is 0 Å². The lowest BCUT2D eigenvalue weighted by Crippen LogP contribution is -2.42. The zero-order valence-corrected chi connectivity index (χ0v) is 15.3. The van der Waals surface area contributed by atoms with Gasteiger partial charge in [0.15, 0.2) is 5.82 Å². The Morgan fingerprint density at radius 1 is 1.32 bits per heavy atom. The second-order valence-corrected chi connectivity index (χ2v) is 6.84. The number of likely N-dealkylation sites (tertiary alicyclic amines) is 1. The molecule has 1 aliphatic rings. The summed E-state index contributed by atoms with van der Waals surface area (Å²) in [6.07, 6.45) is 4.51. The Labute approximate surface area is 156 Å². The first kappa shape index (κ1) is 17.7. The van der Waals surface area contributed by atoms with Crippen molar-refractivity contribution < 1.29 is 4.79 Å². The molecule has 1 fully saturated rings. The Bertz CT molecular complexity index is 795. The first-order chi connectivity index (χ1) is 12.0. The molecule has 1 unspecified atom stereocenters. The highest BCUT2D eigenvalue weighted by Crippen LogP contribution is 2.28. The van der Waals surface area contributed by atoms with Gasteiger partial charge < -0.3 is 4.90 Å². The van der Waals surface area contributed by atoms with Crippen LogP contribution in [0.5, 0.6) is 0 Å². The van der Waals surface area contributed by atoms with Gasteiger partial charge in [-0.05, 0) is 42.2 Å². The van der Waals surface area contributed by atoms with E-state index in [1.807, 2.05) is 12.1 Å². The maximum atomic E-state index is 12.4. The van der Waals surface area contributed by atoms with Gasteiger partial charge >= 0.3 is 6.03 Å². The minimum Gasteiger partial charge on any atom is -0.324 e. The van der Waals surface area contributed by atoms with Crippen molar-refractivity contribution in [3.05, 3.63) is 57.7 Å². The van der Waals surface area contributed by atoms with E-state index in [0.717, 1.165) is 12.0 Å². The minimum absolute atomic E-state index is 0.152. The largest absolute Gasteiger partial charge is 0.324 e. The van der Waals surface area contributed by atoms with Crippen LogP contribution in [0.25, 0.3) is 6.08 Å². The van der Waals surface area contributed by atoms with Gasteiger partial charge in [0.25, 0.3) is 0 Å². The molecular weight excluding hydrogens is 359 g/mol. The van der Waals surface area contributed by atoms with Crippen LogP contribution in [0, 0.1) is 5.92 Å². The third-order valence-corrected chi connectivity index (χ3v) is 4.93. The first-order valence-corrected chi connectivity index (χ1v) is 8.77. The van der Waals surface area contributed by atoms with Crippen molar-refractivity contribution in [2.45, 2.75) is 13.3 Å². The third-order valence-electron chi connectivity index (χ3n) is 4.19. The van der Waals surface area contributed by atoms with Crippen molar-refractivity contribution in [1.29, 1.82) is 0 Å². The number of anilines is 1. The van der Waals surface area contributed by atoms with E-state index in [9.17, 15) is 4.79 Å². The number of benzene rings is 1. The number of piperidine rings is 1. The SMILES string of the molecule is CC1CN(C(=O)Nc2cccnn2)CCC1=Cc1ccc(Cl)c(Cl)c1. The normalized spacial score (nSPS) is 19.1. The van der Waals surface area contributed by atoms with E-state index in [1.165, 1.54) is 5.57 Å². The number of hydrogen-bond acceptors (Lipinski definition) is 3. The Morgan fingerprint density at radius 2 is 2.16 bits per heavy atom. The van der Waals surface area contributed by atoms with Gasteiger partial charge in [-0.15, -0.1) is 5.10 Å². The maximum Gasteiger partial charge on any atom is 0.323 e. The average molecular weight is 377 g/mol. The second-order valence-electron chi connectivity index (χ2n) is 6.03. The second kappa shape index (κ2) is 7.85. The van der Waals surface area contributed by atoms with Gasteiger partial charge in [-0.1, -0.05) is 47.8 Å². The van der Waals surface area contributed by atoms with E-state index in [4.69, 9.17) is 23.2 Å². The van der Waals surface area contributed by atoms with E-state index in [1.54, 1.807) is 29.3 Å². The van der Waals surface area contributed by atoms with Gasteiger partial charge in [0.1, 0.15) is 0 Å². The highest BCUT2D eigenvalue weighted by molar-refractivity contribution is 6.42. The molecule has 1 aromatic carbocycles. The van der Waals surface area contributed by atoms with Crippen LogP contribution < -0.4 is 5.32 Å². The first-order valence-electron chi connectivity index (χ1n) is 8.02. The lowest BCUT2D eigenvalue weighted by atomic mass is 9.91. The molecule has 3 rings (SSSR count). The van der Waals surface area contributed by atoms with Crippen LogP contribution >= 0.6 is 23.2 Å². The van der Waals surface area contributed by atoms with Crippen LogP contribution in [0.3, 0.4) is 0 Å². The summed E-state index contributed by atoms with van der Waals surface area (Å²) < 4.78 is 0. The van der Waals surface area contributed by atoms with E-state index in [0.29, 0.717) is 29.0 Å². The van der Waals surface area contributed by atoms with Crippen molar-refractivity contribution in [2.24, 2.45) is 5.92 Å². The van der Waals surface area contributed by atoms with Crippen molar-refractivity contribution in [1.82, 2.24) is 15.1 Å². The molecule has 1 saturated heterocycles. The summed E-state index contributed by atoms with van der Waals surface area (Å²) in [7, 11) is 0. The lowest BCUT2D eigenvalue weighted by molar-refractivity contribution is 0.197. The van der Waals surface area contributed by atoms with Crippen molar-refractivity contribution in [3.8, 4) is 0 Å². The number of amides is 2. The molecule has 2 amide bonds. The van der Waals surface area contributed by atoms with Crippen LogP contribution in [0.15, 0.2) is 42.1 Å². The summed E-state index contributed by atoms with van der Waals surface area (Å²) in [6, 6.07) is 8.90. The molecule has 25 heavy (non-hydrogen) atoms. The third kappa shape index (κ3) is 4.50. The summed E-state index contributed by atoms with van der Waals surface area (Å²) in [4.78, 5) is 14.2. The summed E-state index contributed by atoms with van der Waals surface area (Å²) in [6.45, 7) is 3.42.